The lowest BCUT2D eigenvalue weighted by Crippen LogP contribution is -2.21. The van der Waals surface area contributed by atoms with Crippen molar-refractivity contribution in [3.8, 4) is 11.3 Å². The van der Waals surface area contributed by atoms with Crippen LogP contribution in [0.4, 0.5) is 0 Å². The van der Waals surface area contributed by atoms with Crippen LogP contribution in [-0.2, 0) is 6.42 Å². The highest BCUT2D eigenvalue weighted by atomic mass is 16.3. The Kier molecular flexibility index (Phi) is 2.38. The zero-order valence-corrected chi connectivity index (χ0v) is 12.1. The second-order valence-corrected chi connectivity index (χ2v) is 6.23. The maximum absolute atomic E-state index is 10.9. The van der Waals surface area contributed by atoms with Crippen molar-refractivity contribution >= 4 is 0 Å². The van der Waals surface area contributed by atoms with Gasteiger partial charge < -0.3 is 9.67 Å². The van der Waals surface area contributed by atoms with Crippen LogP contribution < -0.4 is 0 Å². The van der Waals surface area contributed by atoms with Gasteiger partial charge in [0.15, 0.2) is 0 Å². The summed E-state index contributed by atoms with van der Waals surface area (Å²) in [5.74, 6) is 0.161. The minimum atomic E-state index is -0.414. The van der Waals surface area contributed by atoms with Gasteiger partial charge in [0.1, 0.15) is 0 Å². The summed E-state index contributed by atoms with van der Waals surface area (Å²) in [6.45, 7) is 0. The maximum atomic E-state index is 10.9. The Labute approximate surface area is 128 Å². The van der Waals surface area contributed by atoms with Crippen molar-refractivity contribution in [2.45, 2.75) is 18.6 Å². The average Bonchev–Trinajstić information content (AvgIpc) is 3.21. The summed E-state index contributed by atoms with van der Waals surface area (Å²) in [4.78, 5) is 4.32. The van der Waals surface area contributed by atoms with E-state index in [9.17, 15) is 5.11 Å². The highest BCUT2D eigenvalue weighted by Gasteiger charge is 2.41. The molecule has 2 aromatic carbocycles. The summed E-state index contributed by atoms with van der Waals surface area (Å²) in [5, 5.41) is 10.9. The second kappa shape index (κ2) is 4.31. The fourth-order valence-corrected chi connectivity index (χ4v) is 4.20. The number of imidazole rings is 1. The molecule has 3 aromatic rings. The Morgan fingerprint density at radius 1 is 1.00 bits per heavy atom. The standard InChI is InChI=1S/C19H16N2O/c22-19-13-6-2-1-5-12(13)9-16(19)18-15-8-4-3-7-14(15)17-10-20-11-21(17)18/h1-8,10-11,16,18-19,22H,9H2/t16-,18+,19+/m1/s1. The molecule has 0 spiro atoms. The summed E-state index contributed by atoms with van der Waals surface area (Å²) in [6.07, 6.45) is 4.32. The largest absolute Gasteiger partial charge is 0.388 e. The van der Waals surface area contributed by atoms with E-state index in [2.05, 4.69) is 52.0 Å². The van der Waals surface area contributed by atoms with E-state index in [1.807, 2.05) is 18.6 Å². The van der Waals surface area contributed by atoms with E-state index in [4.69, 9.17) is 0 Å². The van der Waals surface area contributed by atoms with Gasteiger partial charge in [-0.15, -0.1) is 0 Å². The molecule has 3 nitrogen and oxygen atoms in total. The molecular weight excluding hydrogens is 272 g/mol. The fraction of sp³-hybridized carbons (Fsp3) is 0.211. The van der Waals surface area contributed by atoms with E-state index in [0.29, 0.717) is 0 Å². The molecule has 1 aromatic heterocycles. The summed E-state index contributed by atoms with van der Waals surface area (Å²) in [5.41, 5.74) is 6.05. The van der Waals surface area contributed by atoms with Gasteiger partial charge in [0.05, 0.1) is 30.4 Å². The molecule has 0 bridgehead atoms. The lowest BCUT2D eigenvalue weighted by molar-refractivity contribution is 0.102. The normalized spacial score (nSPS) is 24.9. The fourth-order valence-electron chi connectivity index (χ4n) is 4.20. The molecule has 1 aliphatic carbocycles. The molecule has 1 aliphatic heterocycles. The predicted octanol–water partition coefficient (Wildman–Crippen LogP) is 3.36. The summed E-state index contributed by atoms with van der Waals surface area (Å²) >= 11 is 0. The van der Waals surface area contributed by atoms with Crippen LogP contribution >= 0.6 is 0 Å². The predicted molar refractivity (Wildman–Crippen MR) is 84.4 cm³/mol. The molecule has 22 heavy (non-hydrogen) atoms. The third-order valence-electron chi connectivity index (χ3n) is 5.16. The first-order valence-electron chi connectivity index (χ1n) is 7.71. The van der Waals surface area contributed by atoms with Gasteiger partial charge in [-0.3, -0.25) is 0 Å². The Morgan fingerprint density at radius 3 is 2.64 bits per heavy atom. The van der Waals surface area contributed by atoms with Gasteiger partial charge in [-0.1, -0.05) is 48.5 Å². The Balaban J connectivity index is 1.66. The first-order chi connectivity index (χ1) is 10.8. The number of hydrogen-bond acceptors (Lipinski definition) is 2. The highest BCUT2D eigenvalue weighted by molar-refractivity contribution is 5.69. The quantitative estimate of drug-likeness (QED) is 0.745. The minimum absolute atomic E-state index is 0.161. The van der Waals surface area contributed by atoms with E-state index in [1.165, 1.54) is 16.7 Å². The average molecular weight is 288 g/mol. The summed E-state index contributed by atoms with van der Waals surface area (Å²) in [7, 11) is 0. The molecule has 3 heteroatoms. The zero-order valence-electron chi connectivity index (χ0n) is 12.1. The van der Waals surface area contributed by atoms with Gasteiger partial charge in [0, 0.05) is 11.5 Å². The van der Waals surface area contributed by atoms with Gasteiger partial charge in [-0.25, -0.2) is 4.98 Å². The molecule has 3 atom stereocenters. The molecular formula is C19H16N2O. The Morgan fingerprint density at radius 2 is 1.77 bits per heavy atom. The lowest BCUT2D eigenvalue weighted by Gasteiger charge is -2.25. The van der Waals surface area contributed by atoms with Crippen molar-refractivity contribution in [1.82, 2.24) is 9.55 Å². The number of nitrogens with zero attached hydrogens (tertiary/aromatic N) is 2. The SMILES string of the molecule is O[C@H]1c2ccccc2C[C@@H]1[C@@H]1c2ccccc2-c2cncn21. The molecule has 5 rings (SSSR count). The van der Waals surface area contributed by atoms with Gasteiger partial charge in [-0.2, -0.15) is 0 Å². The zero-order chi connectivity index (χ0) is 14.7. The van der Waals surface area contributed by atoms with Crippen molar-refractivity contribution in [3.05, 3.63) is 77.7 Å². The molecule has 0 unspecified atom stereocenters. The first-order valence-corrected chi connectivity index (χ1v) is 7.71. The van der Waals surface area contributed by atoms with Crippen molar-refractivity contribution in [2.75, 3.05) is 0 Å². The Bertz CT molecular complexity index is 867. The molecule has 0 saturated carbocycles. The molecule has 2 aliphatic rings. The van der Waals surface area contributed by atoms with E-state index in [1.54, 1.807) is 0 Å². The van der Waals surface area contributed by atoms with Crippen molar-refractivity contribution < 1.29 is 5.11 Å². The number of aliphatic hydroxyl groups is 1. The van der Waals surface area contributed by atoms with Gasteiger partial charge in [0.2, 0.25) is 0 Å². The summed E-state index contributed by atoms with van der Waals surface area (Å²) < 4.78 is 2.23. The topological polar surface area (TPSA) is 38.1 Å². The number of fused-ring (bicyclic) bond motifs is 4. The monoisotopic (exact) mass is 288 g/mol. The van der Waals surface area contributed by atoms with Crippen LogP contribution in [0.1, 0.15) is 28.8 Å². The number of rotatable bonds is 1. The van der Waals surface area contributed by atoms with Crippen molar-refractivity contribution in [3.63, 3.8) is 0 Å². The molecule has 108 valence electrons. The highest BCUT2D eigenvalue weighted by Crippen LogP contribution is 2.50. The smallest absolute Gasteiger partial charge is 0.0956 e. The van der Waals surface area contributed by atoms with Crippen LogP contribution in [0.25, 0.3) is 11.3 Å². The van der Waals surface area contributed by atoms with Gasteiger partial charge in [-0.05, 0) is 23.1 Å². The number of benzene rings is 2. The second-order valence-electron chi connectivity index (χ2n) is 6.23. The number of hydrogen-bond donors (Lipinski definition) is 1. The third kappa shape index (κ3) is 1.46. The van der Waals surface area contributed by atoms with E-state index < -0.39 is 6.10 Å². The summed E-state index contributed by atoms with van der Waals surface area (Å²) in [6, 6.07) is 16.9. The van der Waals surface area contributed by atoms with Crippen LogP contribution in [0.2, 0.25) is 0 Å². The minimum Gasteiger partial charge on any atom is -0.388 e. The van der Waals surface area contributed by atoms with E-state index >= 15 is 0 Å². The third-order valence-corrected chi connectivity index (χ3v) is 5.16. The van der Waals surface area contributed by atoms with Crippen LogP contribution in [0.5, 0.6) is 0 Å². The molecule has 2 heterocycles. The van der Waals surface area contributed by atoms with Crippen LogP contribution in [0.3, 0.4) is 0 Å². The molecule has 0 fully saturated rings. The lowest BCUT2D eigenvalue weighted by atomic mass is 9.88. The molecule has 0 amide bonds. The number of aliphatic hydroxyl groups excluding tert-OH is 1. The van der Waals surface area contributed by atoms with Crippen LogP contribution in [0, 0.1) is 5.92 Å². The molecule has 0 saturated heterocycles. The van der Waals surface area contributed by atoms with E-state index in [-0.39, 0.29) is 12.0 Å². The van der Waals surface area contributed by atoms with Gasteiger partial charge >= 0.3 is 0 Å². The molecule has 0 radical (unpaired) electrons. The van der Waals surface area contributed by atoms with Crippen molar-refractivity contribution in [2.24, 2.45) is 5.92 Å². The van der Waals surface area contributed by atoms with Gasteiger partial charge in [0.25, 0.3) is 0 Å². The Hall–Kier alpha value is -2.39. The number of aromatic nitrogens is 2. The van der Waals surface area contributed by atoms with Crippen molar-refractivity contribution in [1.29, 1.82) is 0 Å². The maximum Gasteiger partial charge on any atom is 0.0956 e. The van der Waals surface area contributed by atoms with Crippen LogP contribution in [-0.4, -0.2) is 14.7 Å². The van der Waals surface area contributed by atoms with E-state index in [0.717, 1.165) is 17.7 Å². The molecule has 1 N–H and O–H groups in total. The first kappa shape index (κ1) is 12.2. The van der Waals surface area contributed by atoms with Crippen LogP contribution in [0.15, 0.2) is 61.1 Å².